The van der Waals surface area contributed by atoms with Gasteiger partial charge in [-0.15, -0.1) is 0 Å². The summed E-state index contributed by atoms with van der Waals surface area (Å²) in [5.74, 6) is -3.24. The molecule has 0 aliphatic heterocycles. The van der Waals surface area contributed by atoms with Crippen molar-refractivity contribution in [1.82, 2.24) is 0 Å². The fourth-order valence-electron chi connectivity index (χ4n) is 5.21. The van der Waals surface area contributed by atoms with E-state index in [1.54, 1.807) is 69.5 Å². The first-order valence-electron chi connectivity index (χ1n) is 21.4. The minimum Gasteiger partial charge on any atom is -0.242 e. The molecule has 0 aromatic heterocycles. The third-order valence-electron chi connectivity index (χ3n) is 8.60. The van der Waals surface area contributed by atoms with Crippen molar-refractivity contribution in [3.63, 3.8) is 0 Å². The Bertz CT molecular complexity index is 1050. The van der Waals surface area contributed by atoms with E-state index in [0.717, 1.165) is 25.7 Å². The molecule has 0 saturated heterocycles. The first-order chi connectivity index (χ1) is 26.7. The van der Waals surface area contributed by atoms with Crippen LogP contribution in [0.25, 0.3) is 0 Å². The summed E-state index contributed by atoms with van der Waals surface area (Å²) < 4.78 is 3.25. The molecule has 0 heterocycles. The number of carbonyl (C=O) groups is 4. The average Bonchev–Trinajstić information content (AvgIpc) is 3.19. The molecule has 0 atom stereocenters. The molecule has 0 aliphatic carbocycles. The molecule has 0 unspecified atom stereocenters. The first kappa shape index (κ1) is 54.2. The van der Waals surface area contributed by atoms with Gasteiger partial charge in [-0.3, -0.25) is 0 Å². The Morgan fingerprint density at radius 3 is 0.964 bits per heavy atom. The molecule has 55 heavy (non-hydrogen) atoms. The predicted molar refractivity (Wildman–Crippen MR) is 223 cm³/mol. The van der Waals surface area contributed by atoms with E-state index in [2.05, 4.69) is 37.5 Å². The Morgan fingerprint density at radius 1 is 0.418 bits per heavy atom. The van der Waals surface area contributed by atoms with Gasteiger partial charge in [0.25, 0.3) is 0 Å². The molecule has 9 heteroatoms. The second-order valence-electron chi connectivity index (χ2n) is 13.8. The first-order valence-corrected chi connectivity index (χ1v) is 25.4. The zero-order chi connectivity index (χ0) is 41.0. The normalized spacial score (nSPS) is 9.89. The molecular weight excluding hydrogens is 799 g/mol. The summed E-state index contributed by atoms with van der Waals surface area (Å²) in [6, 6.07) is 16.6. The van der Waals surface area contributed by atoms with E-state index in [1.165, 1.54) is 116 Å². The second-order valence-corrected chi connectivity index (χ2v) is 18.1. The van der Waals surface area contributed by atoms with E-state index in [-0.39, 0.29) is 34.0 Å². The van der Waals surface area contributed by atoms with Crippen molar-refractivity contribution in [1.29, 1.82) is 0 Å². The molecule has 0 spiro atoms. The van der Waals surface area contributed by atoms with Gasteiger partial charge in [0, 0.05) is 11.9 Å². The van der Waals surface area contributed by atoms with Gasteiger partial charge in [-0.25, -0.2) is 19.4 Å². The number of rotatable bonds is 28. The Balaban J connectivity index is 0. The number of carboxylic acids is 2. The predicted octanol–water partition coefficient (Wildman–Crippen LogP) is 11.1. The molecule has 2 aromatic carbocycles. The fraction of sp³-hybridized carbons (Fsp3) is 0.652. The Labute approximate surface area is 345 Å². The van der Waals surface area contributed by atoms with Crippen molar-refractivity contribution in [2.24, 2.45) is 0 Å². The topological polar surface area (TPSA) is 133 Å². The van der Waals surface area contributed by atoms with Gasteiger partial charge in [0.2, 0.25) is 0 Å². The van der Waals surface area contributed by atoms with E-state index in [4.69, 9.17) is 0 Å². The Morgan fingerprint density at radius 2 is 0.691 bits per heavy atom. The van der Waals surface area contributed by atoms with E-state index >= 15 is 0 Å². The maximum Gasteiger partial charge on any atom is 0.386 e. The Hall–Kier alpha value is -2.88. The summed E-state index contributed by atoms with van der Waals surface area (Å²) in [4.78, 5) is 52.1. The van der Waals surface area contributed by atoms with Gasteiger partial charge in [-0.1, -0.05) is 153 Å². The summed E-state index contributed by atoms with van der Waals surface area (Å²) in [5, 5.41) is 20.2. The molecule has 0 bridgehead atoms. The largest absolute Gasteiger partial charge is 0.386 e. The zero-order valence-electron chi connectivity index (χ0n) is 34.9. The van der Waals surface area contributed by atoms with E-state index in [0.29, 0.717) is 11.1 Å². The number of carbonyl (C=O) groups excluding carboxylic acids is 4. The SMILES string of the molecule is CCCCCCCCCCCC(=O)[O-].CCCCCCCCCCCC(=O)[O-].CCC[CH2][Sn+2][CH2]CCC.O=C(OOC(=O)c1ccccc1)c1ccccc1. The number of benzene rings is 2. The monoisotopic (exact) mass is 874 g/mol. The average molecular weight is 874 g/mol. The van der Waals surface area contributed by atoms with Crippen LogP contribution in [0.15, 0.2) is 60.7 Å². The van der Waals surface area contributed by atoms with Crippen LogP contribution in [0.1, 0.15) is 203 Å². The van der Waals surface area contributed by atoms with Crippen molar-refractivity contribution in [3.05, 3.63) is 71.8 Å². The van der Waals surface area contributed by atoms with Crippen LogP contribution in [0.2, 0.25) is 8.87 Å². The van der Waals surface area contributed by atoms with Gasteiger partial charge in [-0.2, -0.15) is 0 Å². The van der Waals surface area contributed by atoms with Gasteiger partial charge in [0.05, 0.1) is 11.1 Å². The number of hydrogen-bond acceptors (Lipinski definition) is 8. The molecule has 2 aromatic rings. The van der Waals surface area contributed by atoms with E-state index in [9.17, 15) is 29.4 Å². The van der Waals surface area contributed by atoms with Gasteiger partial charge in [-0.05, 0) is 49.9 Å². The number of hydrogen-bond donors (Lipinski definition) is 0. The molecule has 0 radical (unpaired) electrons. The third kappa shape index (κ3) is 42.1. The summed E-state index contributed by atoms with van der Waals surface area (Å²) >= 11 is 0.149. The van der Waals surface area contributed by atoms with Gasteiger partial charge in [0.1, 0.15) is 0 Å². The van der Waals surface area contributed by atoms with Crippen LogP contribution in [0.5, 0.6) is 0 Å². The molecule has 0 amide bonds. The van der Waals surface area contributed by atoms with Crippen LogP contribution in [0, 0.1) is 0 Å². The molecule has 0 saturated carbocycles. The number of carboxylic acid groups (broad SMARTS) is 2. The standard InChI is InChI=1S/C14H10O4.2C12H24O2.2C4H9.Sn/c15-13(11-7-3-1-4-8-11)17-18-14(16)12-9-5-2-6-10-12;2*1-2-3-4-5-6-7-8-9-10-11-12(13)14;2*1-3-4-2;/h1-10H;2*2-11H2,1H3,(H,13,14);2*1,3-4H2,2H3;/q;;;;;+2/p-2. The van der Waals surface area contributed by atoms with Crippen LogP contribution in [0.4, 0.5) is 0 Å². The molecule has 0 aliphatic rings. The van der Waals surface area contributed by atoms with Crippen molar-refractivity contribution in [2.75, 3.05) is 0 Å². The van der Waals surface area contributed by atoms with Crippen molar-refractivity contribution in [2.45, 2.75) is 191 Å². The molecule has 0 fully saturated rings. The fourth-order valence-corrected chi connectivity index (χ4v) is 9.37. The van der Waals surface area contributed by atoms with Crippen LogP contribution in [-0.2, 0) is 19.4 Å². The molecular formula is C46H74O8Sn. The summed E-state index contributed by atoms with van der Waals surface area (Å²) in [6.45, 7) is 9.03. The van der Waals surface area contributed by atoms with Crippen LogP contribution < -0.4 is 10.2 Å². The quantitative estimate of drug-likeness (QED) is 0.0357. The van der Waals surface area contributed by atoms with Crippen molar-refractivity contribution < 1.29 is 39.2 Å². The third-order valence-corrected chi connectivity index (χ3v) is 12.6. The maximum atomic E-state index is 11.5. The second kappa shape index (κ2) is 43.8. The molecule has 2 rings (SSSR count). The van der Waals surface area contributed by atoms with Gasteiger partial charge < -0.3 is 19.8 Å². The van der Waals surface area contributed by atoms with Crippen LogP contribution >= 0.6 is 0 Å². The van der Waals surface area contributed by atoms with Crippen molar-refractivity contribution in [3.8, 4) is 0 Å². The maximum absolute atomic E-state index is 11.5. The smallest absolute Gasteiger partial charge is 0.242 e. The molecule has 0 N–H and O–H groups in total. The minimum absolute atomic E-state index is 0.149. The van der Waals surface area contributed by atoms with Crippen LogP contribution in [-0.4, -0.2) is 45.0 Å². The zero-order valence-corrected chi connectivity index (χ0v) is 37.8. The summed E-state index contributed by atoms with van der Waals surface area (Å²) in [5.41, 5.74) is 0.636. The Kier molecular flexibility index (Phi) is 43.2. The minimum atomic E-state index is -0.909. The number of aliphatic carboxylic acids is 2. The number of unbranched alkanes of at least 4 members (excludes halogenated alkanes) is 18. The van der Waals surface area contributed by atoms with E-state index < -0.39 is 23.9 Å². The van der Waals surface area contributed by atoms with E-state index in [1.807, 2.05) is 0 Å². The van der Waals surface area contributed by atoms with Gasteiger partial charge >= 0.3 is 81.5 Å². The van der Waals surface area contributed by atoms with Crippen molar-refractivity contribution >= 4 is 45.0 Å². The summed E-state index contributed by atoms with van der Waals surface area (Å²) in [7, 11) is 0. The van der Waals surface area contributed by atoms with Gasteiger partial charge in [0.15, 0.2) is 0 Å². The molecule has 310 valence electrons. The molecule has 8 nitrogen and oxygen atoms in total. The van der Waals surface area contributed by atoms with Crippen LogP contribution in [0.3, 0.4) is 0 Å². The summed E-state index contributed by atoms with van der Waals surface area (Å²) in [6.07, 6.45) is 28.2.